The van der Waals surface area contributed by atoms with Gasteiger partial charge in [-0.1, -0.05) is 0 Å². The molecule has 2 aromatic carbocycles. The summed E-state index contributed by atoms with van der Waals surface area (Å²) >= 11 is 0. The van der Waals surface area contributed by atoms with Crippen molar-refractivity contribution < 1.29 is 23.8 Å². The van der Waals surface area contributed by atoms with E-state index in [4.69, 9.17) is 19.9 Å². The summed E-state index contributed by atoms with van der Waals surface area (Å²) in [5.74, 6) is -0.294. The van der Waals surface area contributed by atoms with Crippen molar-refractivity contribution in [1.82, 2.24) is 0 Å². The first kappa shape index (κ1) is 19.5. The third-order valence-electron chi connectivity index (χ3n) is 4.34. The summed E-state index contributed by atoms with van der Waals surface area (Å²) in [6, 6.07) is 12.2. The third-order valence-corrected chi connectivity index (χ3v) is 4.34. The molecule has 0 spiro atoms. The number of nitrogens with one attached hydrogen (secondary N) is 1. The minimum absolute atomic E-state index is 0.184. The lowest BCUT2D eigenvalue weighted by molar-refractivity contribution is -0.118. The van der Waals surface area contributed by atoms with E-state index >= 15 is 0 Å². The molecule has 3 rings (SSSR count). The Balaban J connectivity index is 1.58. The molecule has 0 saturated carbocycles. The van der Waals surface area contributed by atoms with Gasteiger partial charge in [0.15, 0.2) is 6.61 Å². The highest BCUT2D eigenvalue weighted by Crippen LogP contribution is 2.25. The lowest BCUT2D eigenvalue weighted by Crippen LogP contribution is -2.36. The average Bonchev–Trinajstić information content (AvgIpc) is 2.73. The topological polar surface area (TPSA) is 103 Å². The van der Waals surface area contributed by atoms with Crippen molar-refractivity contribution in [3.05, 3.63) is 48.0 Å². The van der Waals surface area contributed by atoms with Gasteiger partial charge in [-0.2, -0.15) is 0 Å². The Morgan fingerprint density at radius 3 is 2.50 bits per heavy atom. The first-order valence-electron chi connectivity index (χ1n) is 8.90. The van der Waals surface area contributed by atoms with Crippen molar-refractivity contribution in [3.63, 3.8) is 0 Å². The van der Waals surface area contributed by atoms with Crippen LogP contribution in [0.5, 0.6) is 11.5 Å². The number of hydrogen-bond acceptors (Lipinski definition) is 6. The van der Waals surface area contributed by atoms with Crippen molar-refractivity contribution >= 4 is 23.2 Å². The highest BCUT2D eigenvalue weighted by atomic mass is 16.5. The monoisotopic (exact) mass is 385 g/mol. The molecular weight excluding hydrogens is 362 g/mol. The summed E-state index contributed by atoms with van der Waals surface area (Å²) in [7, 11) is 1.50. The molecule has 0 atom stereocenters. The first-order chi connectivity index (χ1) is 13.6. The Labute approximate surface area is 163 Å². The molecule has 1 saturated heterocycles. The van der Waals surface area contributed by atoms with Crippen LogP contribution in [-0.2, 0) is 9.53 Å². The molecule has 1 fully saturated rings. The van der Waals surface area contributed by atoms with Gasteiger partial charge in [0.2, 0.25) is 0 Å². The maximum Gasteiger partial charge on any atom is 0.262 e. The minimum atomic E-state index is -0.642. The smallest absolute Gasteiger partial charge is 0.262 e. The fourth-order valence-corrected chi connectivity index (χ4v) is 2.87. The number of benzene rings is 2. The van der Waals surface area contributed by atoms with Crippen molar-refractivity contribution in [2.24, 2.45) is 5.73 Å². The second-order valence-corrected chi connectivity index (χ2v) is 6.21. The van der Waals surface area contributed by atoms with Gasteiger partial charge in [0, 0.05) is 30.5 Å². The Hall–Kier alpha value is -3.26. The van der Waals surface area contributed by atoms with Crippen molar-refractivity contribution in [3.8, 4) is 11.5 Å². The number of ether oxygens (including phenoxy) is 3. The molecule has 1 heterocycles. The van der Waals surface area contributed by atoms with Crippen LogP contribution in [0.3, 0.4) is 0 Å². The number of anilines is 2. The summed E-state index contributed by atoms with van der Waals surface area (Å²) in [5.41, 5.74) is 7.27. The van der Waals surface area contributed by atoms with Gasteiger partial charge >= 0.3 is 0 Å². The molecule has 8 nitrogen and oxygen atoms in total. The molecule has 0 aliphatic carbocycles. The Morgan fingerprint density at radius 2 is 1.86 bits per heavy atom. The highest BCUT2D eigenvalue weighted by Gasteiger charge is 2.14. The van der Waals surface area contributed by atoms with E-state index in [2.05, 4.69) is 10.2 Å². The van der Waals surface area contributed by atoms with E-state index in [0.29, 0.717) is 24.7 Å². The zero-order chi connectivity index (χ0) is 19.9. The number of hydrogen-bond donors (Lipinski definition) is 2. The number of amides is 2. The van der Waals surface area contributed by atoms with Crippen LogP contribution in [-0.4, -0.2) is 51.8 Å². The molecule has 0 aromatic heterocycles. The maximum atomic E-state index is 12.2. The molecule has 3 N–H and O–H groups in total. The van der Waals surface area contributed by atoms with E-state index in [1.807, 2.05) is 24.3 Å². The number of carbonyl (C=O) groups is 2. The van der Waals surface area contributed by atoms with Gasteiger partial charge in [-0.25, -0.2) is 0 Å². The second-order valence-electron chi connectivity index (χ2n) is 6.21. The molecule has 148 valence electrons. The number of primary amides is 1. The second kappa shape index (κ2) is 9.09. The number of morpholine rings is 1. The molecule has 0 radical (unpaired) electrons. The molecule has 1 aliphatic heterocycles. The molecule has 8 heteroatoms. The van der Waals surface area contributed by atoms with Crippen LogP contribution in [0.4, 0.5) is 11.4 Å². The predicted molar refractivity (Wildman–Crippen MR) is 105 cm³/mol. The summed E-state index contributed by atoms with van der Waals surface area (Å²) in [6.45, 7) is 2.87. The molecule has 0 bridgehead atoms. The van der Waals surface area contributed by atoms with Crippen molar-refractivity contribution in [1.29, 1.82) is 0 Å². The zero-order valence-corrected chi connectivity index (χ0v) is 15.6. The van der Waals surface area contributed by atoms with Gasteiger partial charge in [0.25, 0.3) is 11.8 Å². The molecule has 28 heavy (non-hydrogen) atoms. The molecule has 0 unspecified atom stereocenters. The van der Waals surface area contributed by atoms with Crippen molar-refractivity contribution in [2.45, 2.75) is 0 Å². The van der Waals surface area contributed by atoms with Crippen LogP contribution in [0.2, 0.25) is 0 Å². The van der Waals surface area contributed by atoms with Crippen molar-refractivity contribution in [2.75, 3.05) is 50.2 Å². The van der Waals surface area contributed by atoms with Crippen LogP contribution in [0.15, 0.2) is 42.5 Å². The summed E-state index contributed by atoms with van der Waals surface area (Å²) in [6.07, 6.45) is 0. The number of nitrogens with zero attached hydrogens (tertiary/aromatic N) is 1. The standard InChI is InChI=1S/C20H23N3O5/c1-26-16-6-7-17(20(21)25)18(12-16)28-13-19(24)22-14-2-4-15(5-3-14)23-8-10-27-11-9-23/h2-7,12H,8-11,13H2,1H3,(H2,21,25)(H,22,24). The van der Waals surface area contributed by atoms with Crippen LogP contribution in [0.25, 0.3) is 0 Å². The van der Waals surface area contributed by atoms with Gasteiger partial charge < -0.3 is 30.2 Å². The Kier molecular flexibility index (Phi) is 6.33. The third kappa shape index (κ3) is 4.92. The average molecular weight is 385 g/mol. The Morgan fingerprint density at radius 1 is 1.14 bits per heavy atom. The number of carbonyl (C=O) groups excluding carboxylic acids is 2. The van der Waals surface area contributed by atoms with Gasteiger partial charge in [-0.05, 0) is 36.4 Å². The fraction of sp³-hybridized carbons (Fsp3) is 0.300. The Bertz CT molecular complexity index is 832. The van der Waals surface area contributed by atoms with Crippen LogP contribution < -0.4 is 25.4 Å². The quantitative estimate of drug-likeness (QED) is 0.751. The van der Waals surface area contributed by atoms with E-state index in [0.717, 1.165) is 18.8 Å². The van der Waals surface area contributed by atoms with Gasteiger partial charge in [-0.3, -0.25) is 9.59 Å². The number of nitrogens with two attached hydrogens (primary N) is 1. The fourth-order valence-electron chi connectivity index (χ4n) is 2.87. The molecule has 2 aromatic rings. The van der Waals surface area contributed by atoms with Crippen LogP contribution in [0.1, 0.15) is 10.4 Å². The highest BCUT2D eigenvalue weighted by molar-refractivity contribution is 5.96. The van der Waals surface area contributed by atoms with Gasteiger partial charge in [-0.15, -0.1) is 0 Å². The maximum absolute atomic E-state index is 12.2. The summed E-state index contributed by atoms with van der Waals surface area (Å²) < 4.78 is 15.9. The van der Waals surface area contributed by atoms with Gasteiger partial charge in [0.05, 0.1) is 25.9 Å². The number of rotatable bonds is 7. The van der Waals surface area contributed by atoms with E-state index in [-0.39, 0.29) is 23.8 Å². The van der Waals surface area contributed by atoms with E-state index in [1.54, 1.807) is 6.07 Å². The normalized spacial score (nSPS) is 13.7. The molecule has 1 aliphatic rings. The lowest BCUT2D eigenvalue weighted by Gasteiger charge is -2.28. The van der Waals surface area contributed by atoms with Gasteiger partial charge in [0.1, 0.15) is 11.5 Å². The largest absolute Gasteiger partial charge is 0.497 e. The zero-order valence-electron chi connectivity index (χ0n) is 15.6. The van der Waals surface area contributed by atoms with E-state index in [9.17, 15) is 9.59 Å². The predicted octanol–water partition coefficient (Wildman–Crippen LogP) is 1.65. The minimum Gasteiger partial charge on any atom is -0.497 e. The summed E-state index contributed by atoms with van der Waals surface area (Å²) in [5, 5.41) is 2.77. The van der Waals surface area contributed by atoms with Crippen LogP contribution >= 0.6 is 0 Å². The molecular formula is C20H23N3O5. The first-order valence-corrected chi connectivity index (χ1v) is 8.90. The summed E-state index contributed by atoms with van der Waals surface area (Å²) in [4.78, 5) is 25.9. The number of methoxy groups -OCH3 is 1. The SMILES string of the molecule is COc1ccc(C(N)=O)c(OCC(=O)Nc2ccc(N3CCOCC3)cc2)c1. The molecule has 2 amide bonds. The van der Waals surface area contributed by atoms with Crippen LogP contribution in [0, 0.1) is 0 Å². The van der Waals surface area contributed by atoms with E-state index in [1.165, 1.54) is 19.2 Å². The van der Waals surface area contributed by atoms with E-state index < -0.39 is 5.91 Å². The lowest BCUT2D eigenvalue weighted by atomic mass is 10.2.